The highest BCUT2D eigenvalue weighted by atomic mass is 16.5. The summed E-state index contributed by atoms with van der Waals surface area (Å²) >= 11 is 0. The largest absolute Gasteiger partial charge is 0.464 e. The molecule has 0 spiro atoms. The van der Waals surface area contributed by atoms with Crippen LogP contribution in [0.4, 0.5) is 0 Å². The average Bonchev–Trinajstić information content (AvgIpc) is 3.09. The molecule has 1 aromatic heterocycles. The molecule has 1 unspecified atom stereocenters. The summed E-state index contributed by atoms with van der Waals surface area (Å²) in [6, 6.07) is 20.6. The summed E-state index contributed by atoms with van der Waals surface area (Å²) in [5, 5.41) is 0. The minimum atomic E-state index is -0.341. The first-order valence-corrected chi connectivity index (χ1v) is 7.57. The molecule has 110 valence electrons. The van der Waals surface area contributed by atoms with Crippen LogP contribution in [-0.4, -0.2) is 0 Å². The van der Waals surface area contributed by atoms with Crippen molar-refractivity contribution in [3.05, 3.63) is 83.6 Å². The number of fused-ring (bicyclic) bond motifs is 1. The Labute approximate surface area is 130 Å². The van der Waals surface area contributed by atoms with Crippen LogP contribution in [0.25, 0.3) is 11.3 Å². The van der Waals surface area contributed by atoms with Crippen LogP contribution < -0.4 is 0 Å². The van der Waals surface area contributed by atoms with E-state index in [9.17, 15) is 0 Å². The van der Waals surface area contributed by atoms with Gasteiger partial charge in [-0.2, -0.15) is 0 Å². The number of benzene rings is 2. The van der Waals surface area contributed by atoms with Crippen molar-refractivity contribution >= 4 is 0 Å². The van der Waals surface area contributed by atoms with Crippen LogP contribution in [0.1, 0.15) is 36.6 Å². The van der Waals surface area contributed by atoms with Crippen molar-refractivity contribution in [2.45, 2.75) is 25.6 Å². The molecule has 0 fully saturated rings. The number of rotatable bonds is 2. The lowest BCUT2D eigenvalue weighted by atomic mass is 9.93. The third-order valence-corrected chi connectivity index (χ3v) is 4.29. The lowest BCUT2D eigenvalue weighted by Crippen LogP contribution is -2.15. The molecule has 1 aliphatic heterocycles. The second-order valence-electron chi connectivity index (χ2n) is 6.18. The smallest absolute Gasteiger partial charge is 0.140 e. The van der Waals surface area contributed by atoms with Gasteiger partial charge in [0.05, 0.1) is 11.9 Å². The van der Waals surface area contributed by atoms with Crippen molar-refractivity contribution in [2.75, 3.05) is 0 Å². The molecule has 0 N–H and O–H groups in total. The van der Waals surface area contributed by atoms with Gasteiger partial charge in [-0.1, -0.05) is 60.7 Å². The van der Waals surface area contributed by atoms with Gasteiger partial charge >= 0.3 is 0 Å². The molecule has 2 aromatic carbocycles. The van der Waals surface area contributed by atoms with Gasteiger partial charge in [-0.3, -0.25) is 0 Å². The Morgan fingerprint density at radius 2 is 1.50 bits per heavy atom. The van der Waals surface area contributed by atoms with Gasteiger partial charge in [0.1, 0.15) is 11.9 Å². The third kappa shape index (κ3) is 1.99. The predicted octanol–water partition coefficient (Wildman–Crippen LogP) is 5.30. The second-order valence-corrected chi connectivity index (χ2v) is 6.18. The molecule has 0 saturated heterocycles. The quantitative estimate of drug-likeness (QED) is 0.639. The van der Waals surface area contributed by atoms with Gasteiger partial charge in [0.15, 0.2) is 0 Å². The van der Waals surface area contributed by atoms with Gasteiger partial charge < -0.3 is 9.15 Å². The van der Waals surface area contributed by atoms with Gasteiger partial charge in [-0.15, -0.1) is 0 Å². The topological polar surface area (TPSA) is 22.4 Å². The van der Waals surface area contributed by atoms with Gasteiger partial charge in [-0.05, 0) is 19.4 Å². The summed E-state index contributed by atoms with van der Waals surface area (Å²) in [5.74, 6) is 0.912. The van der Waals surface area contributed by atoms with E-state index in [2.05, 4.69) is 38.1 Å². The van der Waals surface area contributed by atoms with Gasteiger partial charge in [0.25, 0.3) is 0 Å². The van der Waals surface area contributed by atoms with E-state index >= 15 is 0 Å². The van der Waals surface area contributed by atoms with Crippen LogP contribution in [0.2, 0.25) is 0 Å². The second kappa shape index (κ2) is 4.85. The van der Waals surface area contributed by atoms with Crippen LogP contribution in [0, 0.1) is 0 Å². The zero-order valence-electron chi connectivity index (χ0n) is 12.7. The van der Waals surface area contributed by atoms with Crippen LogP contribution in [0.5, 0.6) is 0 Å². The van der Waals surface area contributed by atoms with E-state index in [0.29, 0.717) is 0 Å². The number of ether oxygens (including phenoxy) is 1. The highest BCUT2D eigenvalue weighted by molar-refractivity contribution is 5.66. The minimum absolute atomic E-state index is 0.0832. The maximum absolute atomic E-state index is 6.35. The highest BCUT2D eigenvalue weighted by Gasteiger charge is 2.42. The summed E-state index contributed by atoms with van der Waals surface area (Å²) in [6.45, 7) is 4.19. The minimum Gasteiger partial charge on any atom is -0.464 e. The summed E-state index contributed by atoms with van der Waals surface area (Å²) < 4.78 is 12.3. The molecule has 1 atom stereocenters. The van der Waals surface area contributed by atoms with Gasteiger partial charge in [-0.25, -0.2) is 0 Å². The summed E-state index contributed by atoms with van der Waals surface area (Å²) in [7, 11) is 0. The molecule has 0 amide bonds. The van der Waals surface area contributed by atoms with E-state index in [4.69, 9.17) is 9.15 Å². The van der Waals surface area contributed by atoms with Crippen molar-refractivity contribution in [1.82, 2.24) is 0 Å². The lowest BCUT2D eigenvalue weighted by molar-refractivity contribution is -0.0357. The Morgan fingerprint density at radius 3 is 2.18 bits per heavy atom. The molecule has 3 aromatic rings. The Morgan fingerprint density at radius 1 is 0.864 bits per heavy atom. The molecule has 2 heterocycles. The van der Waals surface area contributed by atoms with Crippen LogP contribution in [0.15, 0.2) is 71.3 Å². The first-order chi connectivity index (χ1) is 10.7. The lowest BCUT2D eigenvalue weighted by Gasteiger charge is -2.21. The molecule has 0 saturated carbocycles. The zero-order chi connectivity index (χ0) is 15.2. The molecule has 2 heteroatoms. The van der Waals surface area contributed by atoms with Crippen molar-refractivity contribution in [3.8, 4) is 11.3 Å². The highest BCUT2D eigenvalue weighted by Crippen LogP contribution is 2.50. The zero-order valence-corrected chi connectivity index (χ0v) is 12.7. The molecular weight excluding hydrogens is 272 g/mol. The fraction of sp³-hybridized carbons (Fsp3) is 0.200. The van der Waals surface area contributed by atoms with E-state index in [-0.39, 0.29) is 11.7 Å². The summed E-state index contributed by atoms with van der Waals surface area (Å²) in [5.41, 5.74) is 4.20. The van der Waals surface area contributed by atoms with E-state index in [1.54, 1.807) is 0 Å². The molecule has 1 aliphatic rings. The Balaban J connectivity index is 1.90. The van der Waals surface area contributed by atoms with Crippen LogP contribution in [0.3, 0.4) is 0 Å². The van der Waals surface area contributed by atoms with Crippen molar-refractivity contribution < 1.29 is 9.15 Å². The SMILES string of the molecule is CC1(C)OC(c2ccccc2)c2c1coc2-c1ccccc1. The van der Waals surface area contributed by atoms with Crippen molar-refractivity contribution in [1.29, 1.82) is 0 Å². The standard InChI is InChI=1S/C20H18O2/c1-20(2)16-13-21-18(14-9-5-3-6-10-14)17(16)19(22-20)15-11-7-4-8-12-15/h3-13,19H,1-2H3. The summed E-state index contributed by atoms with van der Waals surface area (Å²) in [4.78, 5) is 0. The number of hydrogen-bond donors (Lipinski definition) is 0. The maximum atomic E-state index is 6.35. The van der Waals surface area contributed by atoms with Crippen molar-refractivity contribution in [2.24, 2.45) is 0 Å². The maximum Gasteiger partial charge on any atom is 0.140 e. The molecular formula is C20H18O2. The number of hydrogen-bond acceptors (Lipinski definition) is 2. The molecule has 4 rings (SSSR count). The predicted molar refractivity (Wildman–Crippen MR) is 86.5 cm³/mol. The first kappa shape index (κ1) is 13.4. The van der Waals surface area contributed by atoms with Gasteiger partial charge in [0.2, 0.25) is 0 Å². The molecule has 0 radical (unpaired) electrons. The fourth-order valence-electron chi connectivity index (χ4n) is 3.19. The average molecular weight is 290 g/mol. The van der Waals surface area contributed by atoms with Crippen LogP contribution >= 0.6 is 0 Å². The summed E-state index contributed by atoms with van der Waals surface area (Å²) in [6.07, 6.45) is 1.76. The third-order valence-electron chi connectivity index (χ3n) is 4.29. The Hall–Kier alpha value is -2.32. The number of furan rings is 1. The Kier molecular flexibility index (Phi) is 2.95. The van der Waals surface area contributed by atoms with E-state index < -0.39 is 0 Å². The molecule has 0 aliphatic carbocycles. The Bertz CT molecular complexity index is 785. The van der Waals surface area contributed by atoms with E-state index in [1.807, 2.05) is 42.7 Å². The first-order valence-electron chi connectivity index (χ1n) is 7.57. The van der Waals surface area contributed by atoms with Crippen LogP contribution in [-0.2, 0) is 10.3 Å². The normalized spacial score (nSPS) is 19.1. The molecule has 22 heavy (non-hydrogen) atoms. The fourth-order valence-corrected chi connectivity index (χ4v) is 3.19. The van der Waals surface area contributed by atoms with Crippen molar-refractivity contribution in [3.63, 3.8) is 0 Å². The van der Waals surface area contributed by atoms with E-state index in [0.717, 1.165) is 28.0 Å². The monoisotopic (exact) mass is 290 g/mol. The molecule has 2 nitrogen and oxygen atoms in total. The van der Waals surface area contributed by atoms with Gasteiger partial charge in [0, 0.05) is 16.7 Å². The van der Waals surface area contributed by atoms with E-state index in [1.165, 1.54) is 0 Å². The molecule has 0 bridgehead atoms.